The molecule has 0 amide bonds. The molecule has 3 rings (SSSR count). The van der Waals surface area contributed by atoms with Crippen LogP contribution in [0.2, 0.25) is 0 Å². The zero-order chi connectivity index (χ0) is 13.1. The first kappa shape index (κ1) is 12.9. The van der Waals surface area contributed by atoms with Crippen molar-refractivity contribution in [1.82, 2.24) is 10.5 Å². The van der Waals surface area contributed by atoms with E-state index < -0.39 is 0 Å². The molecule has 19 heavy (non-hydrogen) atoms. The Morgan fingerprint density at radius 3 is 3.11 bits per heavy atom. The Morgan fingerprint density at radius 1 is 1.42 bits per heavy atom. The third-order valence-electron chi connectivity index (χ3n) is 3.98. The van der Waals surface area contributed by atoms with E-state index >= 15 is 0 Å². The molecular formula is C15H20N2OS. The quantitative estimate of drug-likeness (QED) is 0.914. The van der Waals surface area contributed by atoms with Gasteiger partial charge in [0.1, 0.15) is 0 Å². The van der Waals surface area contributed by atoms with Crippen molar-refractivity contribution >= 4 is 11.3 Å². The monoisotopic (exact) mass is 276 g/mol. The summed E-state index contributed by atoms with van der Waals surface area (Å²) in [6, 6.07) is 6.78. The Kier molecular flexibility index (Phi) is 3.99. The van der Waals surface area contributed by atoms with E-state index in [4.69, 9.17) is 4.52 Å². The maximum absolute atomic E-state index is 5.40. The fraction of sp³-hybridized carbons (Fsp3) is 0.533. The molecule has 3 nitrogen and oxygen atoms in total. The molecule has 2 aromatic heterocycles. The smallest absolute Gasteiger partial charge is 0.177 e. The predicted octanol–water partition coefficient (Wildman–Crippen LogP) is 4.07. The minimum absolute atomic E-state index is 0.635. The second-order valence-corrected chi connectivity index (χ2v) is 6.36. The van der Waals surface area contributed by atoms with Gasteiger partial charge < -0.3 is 9.84 Å². The van der Waals surface area contributed by atoms with Gasteiger partial charge in [-0.25, -0.2) is 0 Å². The van der Waals surface area contributed by atoms with Gasteiger partial charge in [0.25, 0.3) is 0 Å². The second kappa shape index (κ2) is 5.88. The minimum Gasteiger partial charge on any atom is -0.355 e. The van der Waals surface area contributed by atoms with E-state index in [-0.39, 0.29) is 0 Å². The third-order valence-corrected chi connectivity index (χ3v) is 4.86. The van der Waals surface area contributed by atoms with Crippen LogP contribution in [0.4, 0.5) is 0 Å². The number of thiophene rings is 1. The van der Waals surface area contributed by atoms with E-state index in [1.54, 1.807) is 11.3 Å². The number of nitrogens with one attached hydrogen (secondary N) is 1. The van der Waals surface area contributed by atoms with Crippen molar-refractivity contribution in [3.63, 3.8) is 0 Å². The number of nitrogens with zero attached hydrogens (tertiary/aromatic N) is 1. The minimum atomic E-state index is 0.635. The molecule has 2 aromatic rings. The largest absolute Gasteiger partial charge is 0.355 e. The molecule has 1 saturated carbocycles. The SMILES string of the molecule is CC1CCCCC1NCc1cc(-c2cccs2)on1. The Balaban J connectivity index is 1.58. The van der Waals surface area contributed by atoms with E-state index in [1.807, 2.05) is 12.1 Å². The molecule has 2 atom stereocenters. The van der Waals surface area contributed by atoms with Crippen LogP contribution in [0.3, 0.4) is 0 Å². The van der Waals surface area contributed by atoms with Gasteiger partial charge in [-0.1, -0.05) is 31.0 Å². The molecule has 0 spiro atoms. The molecule has 2 unspecified atom stereocenters. The average Bonchev–Trinajstić information content (AvgIpc) is 3.09. The molecule has 0 aliphatic heterocycles. The van der Waals surface area contributed by atoms with Crippen LogP contribution in [-0.2, 0) is 6.54 Å². The Bertz CT molecular complexity index is 506. The van der Waals surface area contributed by atoms with Crippen molar-refractivity contribution in [2.75, 3.05) is 0 Å². The zero-order valence-electron chi connectivity index (χ0n) is 11.3. The van der Waals surface area contributed by atoms with Gasteiger partial charge in [0, 0.05) is 18.7 Å². The first-order valence-corrected chi connectivity index (χ1v) is 7.94. The molecule has 1 aliphatic rings. The van der Waals surface area contributed by atoms with Gasteiger partial charge >= 0.3 is 0 Å². The molecule has 0 aromatic carbocycles. The lowest BCUT2D eigenvalue weighted by Crippen LogP contribution is -2.36. The van der Waals surface area contributed by atoms with Gasteiger partial charge in [-0.3, -0.25) is 0 Å². The highest BCUT2D eigenvalue weighted by molar-refractivity contribution is 7.13. The lowest BCUT2D eigenvalue weighted by Gasteiger charge is -2.29. The Morgan fingerprint density at radius 2 is 2.32 bits per heavy atom. The van der Waals surface area contributed by atoms with Crippen molar-refractivity contribution in [2.45, 2.75) is 45.2 Å². The molecule has 0 radical (unpaired) electrons. The molecular weight excluding hydrogens is 256 g/mol. The molecule has 0 bridgehead atoms. The standard InChI is InChI=1S/C15H20N2OS/c1-11-5-2-3-6-13(11)16-10-12-9-14(18-17-12)15-7-4-8-19-15/h4,7-9,11,13,16H,2-3,5-6,10H2,1H3. The summed E-state index contributed by atoms with van der Waals surface area (Å²) in [7, 11) is 0. The average molecular weight is 276 g/mol. The van der Waals surface area contributed by atoms with Crippen molar-refractivity contribution < 1.29 is 4.52 Å². The van der Waals surface area contributed by atoms with Crippen molar-refractivity contribution in [2.24, 2.45) is 5.92 Å². The van der Waals surface area contributed by atoms with Crippen LogP contribution in [0.15, 0.2) is 28.1 Å². The first-order valence-electron chi connectivity index (χ1n) is 7.06. The Hall–Kier alpha value is -1.13. The van der Waals surface area contributed by atoms with E-state index in [9.17, 15) is 0 Å². The number of aromatic nitrogens is 1. The lowest BCUT2D eigenvalue weighted by atomic mass is 9.86. The molecule has 4 heteroatoms. The van der Waals surface area contributed by atoms with Gasteiger partial charge in [0.15, 0.2) is 5.76 Å². The Labute approximate surface area is 118 Å². The number of hydrogen-bond donors (Lipinski definition) is 1. The van der Waals surface area contributed by atoms with Crippen LogP contribution in [0.1, 0.15) is 38.3 Å². The van der Waals surface area contributed by atoms with Gasteiger partial charge in [-0.2, -0.15) is 0 Å². The van der Waals surface area contributed by atoms with Crippen LogP contribution in [-0.4, -0.2) is 11.2 Å². The van der Waals surface area contributed by atoms with Gasteiger partial charge in [0.2, 0.25) is 0 Å². The predicted molar refractivity (Wildman–Crippen MR) is 78.1 cm³/mol. The maximum Gasteiger partial charge on any atom is 0.177 e. The third kappa shape index (κ3) is 3.07. The summed E-state index contributed by atoms with van der Waals surface area (Å²) in [5.41, 5.74) is 1.00. The fourth-order valence-corrected chi connectivity index (χ4v) is 3.46. The fourth-order valence-electron chi connectivity index (χ4n) is 2.79. The van der Waals surface area contributed by atoms with Crippen LogP contribution < -0.4 is 5.32 Å². The zero-order valence-corrected chi connectivity index (χ0v) is 12.1. The molecule has 0 saturated heterocycles. The summed E-state index contributed by atoms with van der Waals surface area (Å²) in [6.45, 7) is 3.15. The summed E-state index contributed by atoms with van der Waals surface area (Å²) in [5, 5.41) is 9.83. The van der Waals surface area contributed by atoms with Crippen LogP contribution in [0.5, 0.6) is 0 Å². The van der Waals surface area contributed by atoms with Crippen molar-refractivity contribution in [3.8, 4) is 10.6 Å². The summed E-state index contributed by atoms with van der Waals surface area (Å²) in [6.07, 6.45) is 5.36. The van der Waals surface area contributed by atoms with Gasteiger partial charge in [0.05, 0.1) is 10.6 Å². The molecule has 1 aliphatic carbocycles. The normalized spacial score (nSPS) is 23.6. The first-order chi connectivity index (χ1) is 9.33. The second-order valence-electron chi connectivity index (χ2n) is 5.41. The topological polar surface area (TPSA) is 38.1 Å². The summed E-state index contributed by atoms with van der Waals surface area (Å²) in [4.78, 5) is 1.14. The van der Waals surface area contributed by atoms with Crippen LogP contribution in [0, 0.1) is 5.92 Å². The van der Waals surface area contributed by atoms with Crippen molar-refractivity contribution in [3.05, 3.63) is 29.3 Å². The number of hydrogen-bond acceptors (Lipinski definition) is 4. The highest BCUT2D eigenvalue weighted by Gasteiger charge is 2.20. The summed E-state index contributed by atoms with van der Waals surface area (Å²) < 4.78 is 5.40. The van der Waals surface area contributed by atoms with Crippen LogP contribution >= 0.6 is 11.3 Å². The molecule has 102 valence electrons. The summed E-state index contributed by atoms with van der Waals surface area (Å²) >= 11 is 1.68. The molecule has 1 N–H and O–H groups in total. The lowest BCUT2D eigenvalue weighted by molar-refractivity contribution is 0.277. The molecule has 1 fully saturated rings. The molecule has 2 heterocycles. The van der Waals surface area contributed by atoms with Gasteiger partial charge in [-0.15, -0.1) is 11.3 Å². The van der Waals surface area contributed by atoms with Crippen LogP contribution in [0.25, 0.3) is 10.6 Å². The highest BCUT2D eigenvalue weighted by atomic mass is 32.1. The maximum atomic E-state index is 5.40. The van der Waals surface area contributed by atoms with E-state index in [2.05, 4.69) is 28.8 Å². The van der Waals surface area contributed by atoms with Crippen molar-refractivity contribution in [1.29, 1.82) is 0 Å². The van der Waals surface area contributed by atoms with E-state index in [0.717, 1.165) is 28.8 Å². The van der Waals surface area contributed by atoms with Gasteiger partial charge in [-0.05, 0) is 30.2 Å². The number of rotatable bonds is 4. The summed E-state index contributed by atoms with van der Waals surface area (Å²) in [5.74, 6) is 1.65. The van der Waals surface area contributed by atoms with E-state index in [1.165, 1.54) is 25.7 Å². The van der Waals surface area contributed by atoms with E-state index in [0.29, 0.717) is 6.04 Å². The highest BCUT2D eigenvalue weighted by Crippen LogP contribution is 2.26.